The number of aryl methyl sites for hydroxylation is 2. The van der Waals surface area contributed by atoms with Crippen LogP contribution in [0.1, 0.15) is 75.3 Å². The van der Waals surface area contributed by atoms with E-state index in [9.17, 15) is 24.0 Å². The van der Waals surface area contributed by atoms with Gasteiger partial charge in [0.1, 0.15) is 34.5 Å². The molecule has 6 rings (SSSR count). The number of pyridine rings is 1. The molecule has 0 unspecified atom stereocenters. The molecule has 0 aliphatic rings. The van der Waals surface area contributed by atoms with Gasteiger partial charge in [-0.05, 0) is 160 Å². The summed E-state index contributed by atoms with van der Waals surface area (Å²) in [5.74, 6) is 1.30. The lowest BCUT2D eigenvalue weighted by molar-refractivity contribution is -0.138. The molecule has 1 aromatic heterocycles. The molecule has 0 bridgehead atoms. The monoisotopic (exact) mass is 1020 g/mol. The molecule has 75 heavy (non-hydrogen) atoms. The quantitative estimate of drug-likeness (QED) is 0.00947. The molecule has 0 fully saturated rings. The summed E-state index contributed by atoms with van der Waals surface area (Å²) in [4.78, 5) is 64.8. The minimum absolute atomic E-state index is 0.131. The van der Waals surface area contributed by atoms with E-state index in [4.69, 9.17) is 47.6 Å². The average molecular weight is 1020 g/mol. The molecule has 0 saturated carbocycles. The highest BCUT2D eigenvalue weighted by atomic mass is 16.6. The third kappa shape index (κ3) is 19.5. The fraction of sp³-hybridized carbons (Fsp3) is 0.300. The molecule has 6 aromatic rings. The SMILES string of the molecule is C=CC(=O)OCCCCCCOc1ccc(Oc2nc3cc(OC(=O)CCc4ccc(OCCCCOC(=O)C=C)cc4)ccc3c3ccc(OC(=O)CCc4ccc(OCCCCOC(=O)C=C)cc4)cc23)cc1. The summed E-state index contributed by atoms with van der Waals surface area (Å²) < 4.78 is 50.7. The Morgan fingerprint density at radius 1 is 0.400 bits per heavy atom. The van der Waals surface area contributed by atoms with Crippen LogP contribution >= 0.6 is 0 Å². The molecule has 0 amide bonds. The first kappa shape index (κ1) is 55.8. The molecule has 5 aromatic carbocycles. The van der Waals surface area contributed by atoms with Gasteiger partial charge in [0, 0.05) is 47.9 Å². The Morgan fingerprint density at radius 3 is 1.24 bits per heavy atom. The predicted molar refractivity (Wildman–Crippen MR) is 283 cm³/mol. The number of hydrogen-bond acceptors (Lipinski definition) is 15. The summed E-state index contributed by atoms with van der Waals surface area (Å²) in [5, 5.41) is 2.12. The van der Waals surface area contributed by atoms with Crippen molar-refractivity contribution in [3.8, 4) is 40.4 Å². The van der Waals surface area contributed by atoms with Gasteiger partial charge >= 0.3 is 29.8 Å². The minimum Gasteiger partial charge on any atom is -0.494 e. The highest BCUT2D eigenvalue weighted by Gasteiger charge is 2.16. The molecule has 0 radical (unpaired) electrons. The molecular formula is C60H63NO14. The number of carbonyl (C=O) groups excluding carboxylic acids is 5. The second kappa shape index (κ2) is 30.5. The average Bonchev–Trinajstić information content (AvgIpc) is 3.43. The lowest BCUT2D eigenvalue weighted by Crippen LogP contribution is -2.09. The zero-order valence-electron chi connectivity index (χ0n) is 42.1. The fourth-order valence-electron chi connectivity index (χ4n) is 7.45. The van der Waals surface area contributed by atoms with Gasteiger partial charge < -0.3 is 42.6 Å². The van der Waals surface area contributed by atoms with Crippen LogP contribution in [0, 0.1) is 0 Å². The van der Waals surface area contributed by atoms with Crippen LogP contribution in [0.4, 0.5) is 0 Å². The summed E-state index contributed by atoms with van der Waals surface area (Å²) in [6, 6.07) is 32.8. The third-order valence-corrected chi connectivity index (χ3v) is 11.4. The van der Waals surface area contributed by atoms with Crippen LogP contribution in [0.2, 0.25) is 0 Å². The third-order valence-electron chi connectivity index (χ3n) is 11.4. The van der Waals surface area contributed by atoms with Crippen molar-refractivity contribution < 1.29 is 66.6 Å². The van der Waals surface area contributed by atoms with Gasteiger partial charge in [-0.3, -0.25) is 9.59 Å². The van der Waals surface area contributed by atoms with Gasteiger partial charge in [0.25, 0.3) is 0 Å². The van der Waals surface area contributed by atoms with Gasteiger partial charge in [-0.25, -0.2) is 19.4 Å². The van der Waals surface area contributed by atoms with Crippen molar-refractivity contribution >= 4 is 51.5 Å². The van der Waals surface area contributed by atoms with Gasteiger partial charge in [0.15, 0.2) is 0 Å². The Balaban J connectivity index is 1.07. The Hall–Kier alpha value is -8.46. The number of rotatable bonds is 33. The van der Waals surface area contributed by atoms with Gasteiger partial charge in [-0.2, -0.15) is 0 Å². The van der Waals surface area contributed by atoms with Crippen molar-refractivity contribution in [3.05, 3.63) is 158 Å². The highest BCUT2D eigenvalue weighted by molar-refractivity contribution is 6.08. The second-order valence-corrected chi connectivity index (χ2v) is 17.1. The van der Waals surface area contributed by atoms with Crippen molar-refractivity contribution in [1.29, 1.82) is 0 Å². The summed E-state index contributed by atoms with van der Waals surface area (Å²) in [5.41, 5.74) is 2.40. The normalized spacial score (nSPS) is 10.7. The summed E-state index contributed by atoms with van der Waals surface area (Å²) in [6.45, 7) is 12.6. The number of nitrogens with zero attached hydrogens (tertiary/aromatic N) is 1. The van der Waals surface area contributed by atoms with Crippen molar-refractivity contribution in [3.63, 3.8) is 0 Å². The molecule has 0 atom stereocenters. The first-order valence-electron chi connectivity index (χ1n) is 25.1. The highest BCUT2D eigenvalue weighted by Crippen LogP contribution is 2.37. The number of ether oxygens (including phenoxy) is 9. The molecular weight excluding hydrogens is 959 g/mol. The van der Waals surface area contributed by atoms with Crippen LogP contribution in [0.5, 0.6) is 40.4 Å². The molecule has 0 saturated heterocycles. The van der Waals surface area contributed by atoms with E-state index in [2.05, 4.69) is 19.7 Å². The predicted octanol–water partition coefficient (Wildman–Crippen LogP) is 11.7. The van der Waals surface area contributed by atoms with Crippen molar-refractivity contribution in [2.45, 2.75) is 77.0 Å². The largest absolute Gasteiger partial charge is 0.494 e. The van der Waals surface area contributed by atoms with E-state index in [1.807, 2.05) is 72.8 Å². The molecule has 0 spiro atoms. The van der Waals surface area contributed by atoms with Gasteiger partial charge in [-0.1, -0.05) is 44.0 Å². The zero-order valence-corrected chi connectivity index (χ0v) is 42.1. The Morgan fingerprint density at radius 2 is 0.773 bits per heavy atom. The van der Waals surface area contributed by atoms with Gasteiger partial charge in [-0.15, -0.1) is 0 Å². The van der Waals surface area contributed by atoms with E-state index < -0.39 is 29.8 Å². The van der Waals surface area contributed by atoms with Crippen molar-refractivity contribution in [1.82, 2.24) is 4.98 Å². The lowest BCUT2D eigenvalue weighted by atomic mass is 10.1. The van der Waals surface area contributed by atoms with Crippen LogP contribution in [0.15, 0.2) is 147 Å². The van der Waals surface area contributed by atoms with E-state index in [0.29, 0.717) is 111 Å². The Labute approximate surface area is 437 Å². The molecule has 15 heteroatoms. The van der Waals surface area contributed by atoms with E-state index in [-0.39, 0.29) is 18.7 Å². The fourth-order valence-corrected chi connectivity index (χ4v) is 7.45. The van der Waals surface area contributed by atoms with E-state index >= 15 is 0 Å². The summed E-state index contributed by atoms with van der Waals surface area (Å²) >= 11 is 0. The topological polar surface area (TPSA) is 181 Å². The number of unbranched alkanes of at least 4 members (excludes halogenated alkanes) is 5. The number of benzene rings is 5. The van der Waals surface area contributed by atoms with Crippen LogP contribution in [-0.4, -0.2) is 74.5 Å². The Kier molecular flexibility index (Phi) is 22.7. The van der Waals surface area contributed by atoms with Crippen molar-refractivity contribution in [2.24, 2.45) is 0 Å². The maximum atomic E-state index is 13.2. The van der Waals surface area contributed by atoms with Crippen LogP contribution in [0.25, 0.3) is 21.7 Å². The van der Waals surface area contributed by atoms with Crippen LogP contribution in [0.3, 0.4) is 0 Å². The van der Waals surface area contributed by atoms with Crippen LogP contribution < -0.4 is 28.4 Å². The maximum absolute atomic E-state index is 13.2. The number of esters is 5. The van der Waals surface area contributed by atoms with Crippen molar-refractivity contribution in [2.75, 3.05) is 39.6 Å². The number of carbonyl (C=O) groups is 5. The molecule has 0 N–H and O–H groups in total. The van der Waals surface area contributed by atoms with Gasteiger partial charge in [0.05, 0.1) is 45.2 Å². The summed E-state index contributed by atoms with van der Waals surface area (Å²) in [7, 11) is 0. The minimum atomic E-state index is -0.443. The molecule has 0 aliphatic heterocycles. The first-order chi connectivity index (χ1) is 36.6. The zero-order chi connectivity index (χ0) is 53.0. The summed E-state index contributed by atoms with van der Waals surface area (Å²) in [6.07, 6.45) is 10.8. The molecule has 15 nitrogen and oxygen atoms in total. The molecule has 1 heterocycles. The molecule has 0 aliphatic carbocycles. The van der Waals surface area contributed by atoms with E-state index in [0.717, 1.165) is 78.7 Å². The number of hydrogen-bond donors (Lipinski definition) is 0. The smallest absolute Gasteiger partial charge is 0.330 e. The van der Waals surface area contributed by atoms with Crippen LogP contribution in [-0.2, 0) is 51.0 Å². The molecule has 392 valence electrons. The van der Waals surface area contributed by atoms with Gasteiger partial charge in [0.2, 0.25) is 5.88 Å². The first-order valence-corrected chi connectivity index (χ1v) is 25.1. The van der Waals surface area contributed by atoms with E-state index in [1.54, 1.807) is 36.4 Å². The maximum Gasteiger partial charge on any atom is 0.330 e. The second-order valence-electron chi connectivity index (χ2n) is 17.1. The Bertz CT molecular complexity index is 2860. The number of fused-ring (bicyclic) bond motifs is 3. The lowest BCUT2D eigenvalue weighted by Gasteiger charge is -2.14. The van der Waals surface area contributed by atoms with E-state index in [1.165, 1.54) is 0 Å². The standard InChI is InChI=1S/C60H63NO14/c1-4-55(62)70-38-10-8-7-9-35-67-47-25-27-48(28-26-47)75-60-53-41-49(73-58(65)33-19-43-15-21-45(22-16-43)68-36-11-13-39-71-56(63)5-2)29-31-51(53)52-32-30-50(42-54(52)61-60)74-59(66)34-20-44-17-23-46(24-18-44)69-37-12-14-40-72-57(64)6-3/h4-6,15-18,21-32,41-42H,1-3,7-14,19-20,33-40H2. The number of aromatic nitrogens is 1.